The number of rotatable bonds is 2. The van der Waals surface area contributed by atoms with Crippen LogP contribution >= 0.6 is 0 Å². The van der Waals surface area contributed by atoms with Crippen LogP contribution in [0.15, 0.2) is 6.07 Å². The van der Waals surface area contributed by atoms with Crippen molar-refractivity contribution in [1.29, 1.82) is 0 Å². The van der Waals surface area contributed by atoms with Crippen LogP contribution < -0.4 is 10.5 Å². The van der Waals surface area contributed by atoms with Gasteiger partial charge in [-0.3, -0.25) is 4.98 Å². The molecule has 0 spiro atoms. The van der Waals surface area contributed by atoms with Crippen LogP contribution in [-0.4, -0.2) is 21.1 Å². The number of fused-ring (bicyclic) bond motifs is 1. The van der Waals surface area contributed by atoms with Gasteiger partial charge in [-0.15, -0.1) is 0 Å². The first-order chi connectivity index (χ1) is 8.19. The van der Waals surface area contributed by atoms with E-state index in [0.717, 1.165) is 0 Å². The molecule has 0 saturated carbocycles. The SMILES string of the molecule is C[Si](C)(C)c1cc2c(nc1[Si](C)(C)C)CCCC2. The van der Waals surface area contributed by atoms with Crippen LogP contribution in [0, 0.1) is 0 Å². The summed E-state index contributed by atoms with van der Waals surface area (Å²) >= 11 is 0. The summed E-state index contributed by atoms with van der Waals surface area (Å²) in [6.45, 7) is 14.7. The van der Waals surface area contributed by atoms with Crippen molar-refractivity contribution in [1.82, 2.24) is 4.98 Å². The first-order valence-electron chi connectivity index (χ1n) is 7.23. The minimum absolute atomic E-state index is 1.21. The predicted molar refractivity (Wildman–Crippen MR) is 86.8 cm³/mol. The zero-order valence-electron chi connectivity index (χ0n) is 12.9. The number of hydrogen-bond donors (Lipinski definition) is 0. The number of aromatic nitrogens is 1. The highest BCUT2D eigenvalue weighted by molar-refractivity contribution is 6.98. The maximum Gasteiger partial charge on any atom is 0.101 e. The lowest BCUT2D eigenvalue weighted by Crippen LogP contribution is -2.58. The van der Waals surface area contributed by atoms with Crippen molar-refractivity contribution < 1.29 is 0 Å². The monoisotopic (exact) mass is 277 g/mol. The molecule has 0 aliphatic heterocycles. The van der Waals surface area contributed by atoms with Gasteiger partial charge in [0.1, 0.15) is 8.07 Å². The number of pyridine rings is 1. The van der Waals surface area contributed by atoms with Gasteiger partial charge in [0.25, 0.3) is 0 Å². The number of hydrogen-bond acceptors (Lipinski definition) is 1. The Morgan fingerprint density at radius 3 is 2.06 bits per heavy atom. The molecule has 0 bridgehead atoms. The summed E-state index contributed by atoms with van der Waals surface area (Å²) in [7, 11) is -2.60. The molecule has 0 aromatic carbocycles. The summed E-state index contributed by atoms with van der Waals surface area (Å²) in [5, 5.41) is 3.14. The van der Waals surface area contributed by atoms with Crippen LogP contribution in [0.4, 0.5) is 0 Å². The van der Waals surface area contributed by atoms with E-state index < -0.39 is 16.1 Å². The third kappa shape index (κ3) is 2.77. The lowest BCUT2D eigenvalue weighted by Gasteiger charge is -2.29. The molecule has 100 valence electrons. The highest BCUT2D eigenvalue weighted by atomic mass is 28.3. The molecule has 1 aliphatic rings. The topological polar surface area (TPSA) is 12.9 Å². The smallest absolute Gasteiger partial charge is 0.101 e. The molecule has 1 aromatic heterocycles. The van der Waals surface area contributed by atoms with Crippen molar-refractivity contribution in [3.63, 3.8) is 0 Å². The molecule has 0 N–H and O–H groups in total. The summed E-state index contributed by atoms with van der Waals surface area (Å²) in [5.74, 6) is 0. The van der Waals surface area contributed by atoms with E-state index in [0.29, 0.717) is 0 Å². The average Bonchev–Trinajstić information content (AvgIpc) is 2.25. The van der Waals surface area contributed by atoms with E-state index in [-0.39, 0.29) is 0 Å². The molecule has 1 heterocycles. The quantitative estimate of drug-likeness (QED) is 0.757. The van der Waals surface area contributed by atoms with Crippen LogP contribution in [0.3, 0.4) is 0 Å². The first kappa shape index (κ1) is 14.0. The first-order valence-corrected chi connectivity index (χ1v) is 14.2. The van der Waals surface area contributed by atoms with Crippen molar-refractivity contribution in [2.24, 2.45) is 0 Å². The predicted octanol–water partition coefficient (Wildman–Crippen LogP) is 3.05. The largest absolute Gasteiger partial charge is 0.263 e. The normalized spacial score (nSPS) is 16.6. The van der Waals surface area contributed by atoms with Gasteiger partial charge in [0.15, 0.2) is 0 Å². The summed E-state index contributed by atoms with van der Waals surface area (Å²) in [6.07, 6.45) is 5.15. The van der Waals surface area contributed by atoms with Crippen molar-refractivity contribution in [3.8, 4) is 0 Å². The standard InChI is InChI=1S/C15H27NSi2/c1-17(2,3)14-11-12-9-7-8-10-13(12)16-15(14)18(4,5)6/h11H,7-10H2,1-6H3. The summed E-state index contributed by atoms with van der Waals surface area (Å²) in [6, 6.07) is 2.54. The van der Waals surface area contributed by atoms with Crippen molar-refractivity contribution >= 4 is 26.7 Å². The Morgan fingerprint density at radius 2 is 1.50 bits per heavy atom. The van der Waals surface area contributed by atoms with E-state index in [1.54, 1.807) is 10.8 Å². The summed E-state index contributed by atoms with van der Waals surface area (Å²) in [5.41, 5.74) is 2.97. The van der Waals surface area contributed by atoms with Crippen molar-refractivity contribution in [2.45, 2.75) is 65.0 Å². The molecule has 0 saturated heterocycles. The van der Waals surface area contributed by atoms with E-state index >= 15 is 0 Å². The fraction of sp³-hybridized carbons (Fsp3) is 0.667. The van der Waals surface area contributed by atoms with Gasteiger partial charge < -0.3 is 0 Å². The molecule has 0 radical (unpaired) electrons. The Morgan fingerprint density at radius 1 is 0.889 bits per heavy atom. The minimum atomic E-state index is -1.32. The maximum absolute atomic E-state index is 5.15. The van der Waals surface area contributed by atoms with Crippen molar-refractivity contribution in [2.75, 3.05) is 0 Å². The second-order valence-electron chi connectivity index (χ2n) is 7.70. The van der Waals surface area contributed by atoms with Gasteiger partial charge in [0.05, 0.1) is 8.07 Å². The Labute approximate surface area is 114 Å². The van der Waals surface area contributed by atoms with Crippen LogP contribution in [0.25, 0.3) is 0 Å². The van der Waals surface area contributed by atoms with Gasteiger partial charge in [-0.05, 0) is 36.4 Å². The lowest BCUT2D eigenvalue weighted by molar-refractivity contribution is 0.670. The average molecular weight is 278 g/mol. The van der Waals surface area contributed by atoms with Gasteiger partial charge in [0.2, 0.25) is 0 Å². The summed E-state index contributed by atoms with van der Waals surface area (Å²) < 4.78 is 0. The van der Waals surface area contributed by atoms with Gasteiger partial charge in [-0.2, -0.15) is 0 Å². The maximum atomic E-state index is 5.15. The van der Waals surface area contributed by atoms with E-state index in [2.05, 4.69) is 45.3 Å². The zero-order valence-corrected chi connectivity index (χ0v) is 14.9. The van der Waals surface area contributed by atoms with Gasteiger partial charge in [-0.25, -0.2) is 0 Å². The molecule has 2 rings (SSSR count). The Kier molecular flexibility index (Phi) is 3.58. The van der Waals surface area contributed by atoms with E-state index in [1.165, 1.54) is 36.7 Å². The zero-order chi connectivity index (χ0) is 13.6. The third-order valence-corrected chi connectivity index (χ3v) is 7.87. The van der Waals surface area contributed by atoms with Gasteiger partial charge >= 0.3 is 0 Å². The molecular weight excluding hydrogens is 250 g/mol. The molecule has 3 heteroatoms. The van der Waals surface area contributed by atoms with Crippen LogP contribution in [0.5, 0.6) is 0 Å². The van der Waals surface area contributed by atoms with E-state index in [1.807, 2.05) is 0 Å². The molecular formula is C15H27NSi2. The lowest BCUT2D eigenvalue weighted by atomic mass is 9.96. The van der Waals surface area contributed by atoms with E-state index in [4.69, 9.17) is 4.98 Å². The Balaban J connectivity index is 2.63. The van der Waals surface area contributed by atoms with Gasteiger partial charge in [0, 0.05) is 11.0 Å². The third-order valence-electron chi connectivity index (χ3n) is 3.82. The molecule has 0 unspecified atom stereocenters. The molecule has 1 aromatic rings. The Bertz CT molecular complexity index is 410. The molecule has 1 aliphatic carbocycles. The summed E-state index contributed by atoms with van der Waals surface area (Å²) in [4.78, 5) is 5.15. The minimum Gasteiger partial charge on any atom is -0.263 e. The second-order valence-corrected chi connectivity index (χ2v) is 17.7. The second kappa shape index (κ2) is 4.60. The Hall–Kier alpha value is -0.416. The number of nitrogens with zero attached hydrogens (tertiary/aromatic N) is 1. The van der Waals surface area contributed by atoms with Crippen LogP contribution in [0.2, 0.25) is 39.3 Å². The fourth-order valence-corrected chi connectivity index (χ4v) is 7.75. The van der Waals surface area contributed by atoms with Crippen LogP contribution in [0.1, 0.15) is 24.1 Å². The molecule has 0 amide bonds. The fourth-order valence-electron chi connectivity index (χ4n) is 2.78. The molecule has 1 nitrogen and oxygen atoms in total. The van der Waals surface area contributed by atoms with E-state index in [9.17, 15) is 0 Å². The number of aryl methyl sites for hydroxylation is 2. The highest BCUT2D eigenvalue weighted by Crippen LogP contribution is 2.19. The molecule has 18 heavy (non-hydrogen) atoms. The van der Waals surface area contributed by atoms with Gasteiger partial charge in [-0.1, -0.05) is 45.3 Å². The molecule has 0 fully saturated rings. The molecule has 0 atom stereocenters. The highest BCUT2D eigenvalue weighted by Gasteiger charge is 2.30. The van der Waals surface area contributed by atoms with Crippen LogP contribution in [-0.2, 0) is 12.8 Å². The van der Waals surface area contributed by atoms with Crippen molar-refractivity contribution in [3.05, 3.63) is 17.3 Å².